The Kier molecular flexibility index (Phi) is 4.75. The Morgan fingerprint density at radius 1 is 1.22 bits per heavy atom. The normalized spacial score (nSPS) is 13.2. The molecule has 0 aromatic heterocycles. The summed E-state index contributed by atoms with van der Waals surface area (Å²) in [7, 11) is 0. The highest BCUT2D eigenvalue weighted by atomic mass is 35.5. The first-order valence-electron chi connectivity index (χ1n) is 5.07. The maximum Gasteiger partial charge on any atom is 0.299 e. The Morgan fingerprint density at radius 3 is 2.17 bits per heavy atom. The highest BCUT2D eigenvalue weighted by Crippen LogP contribution is 2.22. The van der Waals surface area contributed by atoms with Crippen LogP contribution in [0.2, 0.25) is 0 Å². The first-order valence-corrected chi connectivity index (χ1v) is 6.05. The first-order chi connectivity index (χ1) is 8.11. The number of benzene rings is 1. The second-order valence-corrected chi connectivity index (χ2v) is 4.73. The van der Waals surface area contributed by atoms with E-state index in [0.29, 0.717) is 23.4 Å². The maximum atomic E-state index is 11.9. The molecule has 0 bridgehead atoms. The molecule has 1 heterocycles. The first kappa shape index (κ1) is 14.5. The minimum Gasteiger partial charge on any atom is -1.00 e. The lowest BCUT2D eigenvalue weighted by atomic mass is 10.1. The van der Waals surface area contributed by atoms with Crippen LogP contribution in [0.15, 0.2) is 24.3 Å². The molecule has 0 fully saturated rings. The average molecular weight is 286 g/mol. The van der Waals surface area contributed by atoms with Crippen molar-refractivity contribution in [3.63, 3.8) is 0 Å². The molecule has 7 heteroatoms. The fourth-order valence-electron chi connectivity index (χ4n) is 1.70. The molecule has 0 saturated carbocycles. The zero-order chi connectivity index (χ0) is 12.4. The fraction of sp³-hybridized carbons (Fsp3) is 0.182. The Hall–Kier alpha value is -1.53. The van der Waals surface area contributed by atoms with E-state index >= 15 is 0 Å². The van der Waals surface area contributed by atoms with Crippen LogP contribution in [0.1, 0.15) is 20.7 Å². The second-order valence-electron chi connectivity index (χ2n) is 3.56. The highest BCUT2D eigenvalue weighted by molar-refractivity contribution is 8.13. The molecular weight excluding hydrogens is 274 g/mol. The lowest BCUT2D eigenvalue weighted by Gasteiger charge is -2.11. The fourth-order valence-corrected chi connectivity index (χ4v) is 2.21. The van der Waals surface area contributed by atoms with Crippen molar-refractivity contribution in [1.82, 2.24) is 4.90 Å². The summed E-state index contributed by atoms with van der Waals surface area (Å²) < 4.78 is 0. The summed E-state index contributed by atoms with van der Waals surface area (Å²) in [5.74, 6) is 0.0111. The number of carbonyl (C=O) groups is 2. The van der Waals surface area contributed by atoms with Gasteiger partial charge in [-0.05, 0) is 23.9 Å². The summed E-state index contributed by atoms with van der Waals surface area (Å²) in [4.78, 5) is 25.0. The zero-order valence-corrected chi connectivity index (χ0v) is 11.0. The highest BCUT2D eigenvalue weighted by Gasteiger charge is 2.34. The zero-order valence-electron chi connectivity index (χ0n) is 9.43. The Bertz CT molecular complexity index is 472. The van der Waals surface area contributed by atoms with Crippen LogP contribution < -0.4 is 23.5 Å². The summed E-state index contributed by atoms with van der Waals surface area (Å²) in [6.45, 7) is 0.314. The van der Waals surface area contributed by atoms with Gasteiger partial charge in [-0.25, -0.2) is 0 Å². The number of imide groups is 1. The van der Waals surface area contributed by atoms with Gasteiger partial charge in [-0.1, -0.05) is 12.1 Å². The largest absolute Gasteiger partial charge is 1.00 e. The van der Waals surface area contributed by atoms with Crippen LogP contribution in [0.4, 0.5) is 0 Å². The van der Waals surface area contributed by atoms with Gasteiger partial charge in [0.1, 0.15) is 0 Å². The van der Waals surface area contributed by atoms with E-state index in [1.54, 1.807) is 24.3 Å². The Balaban J connectivity index is 0.00000162. The van der Waals surface area contributed by atoms with E-state index in [0.717, 1.165) is 0 Å². The van der Waals surface area contributed by atoms with Gasteiger partial charge >= 0.3 is 0 Å². The summed E-state index contributed by atoms with van der Waals surface area (Å²) in [6.07, 6.45) is 0. The summed E-state index contributed by atoms with van der Waals surface area (Å²) in [5, 5.41) is 5.54. The monoisotopic (exact) mass is 285 g/mol. The van der Waals surface area contributed by atoms with Gasteiger partial charge in [0, 0.05) is 12.3 Å². The second kappa shape index (κ2) is 5.88. The molecule has 18 heavy (non-hydrogen) atoms. The molecule has 0 aliphatic carbocycles. The predicted molar refractivity (Wildman–Crippen MR) is 65.4 cm³/mol. The third-order valence-corrected chi connectivity index (χ3v) is 3.18. The molecule has 1 aromatic carbocycles. The molecule has 2 rings (SSSR count). The number of nitrogens with zero attached hydrogens (tertiary/aromatic N) is 1. The molecule has 0 saturated heterocycles. The number of hydrogen-bond acceptors (Lipinski definition) is 3. The van der Waals surface area contributed by atoms with Gasteiger partial charge in [-0.3, -0.25) is 25.6 Å². The number of amides is 2. The van der Waals surface area contributed by atoms with Crippen LogP contribution >= 0.6 is 11.8 Å². The molecule has 4 N–H and O–H groups in total. The summed E-state index contributed by atoms with van der Waals surface area (Å²) in [5.41, 5.74) is 6.23. The molecular formula is C11H12ClN3O2S. The number of thioether (sulfide) groups is 1. The van der Waals surface area contributed by atoms with Gasteiger partial charge in [0.15, 0.2) is 0 Å². The maximum absolute atomic E-state index is 11.9. The van der Waals surface area contributed by atoms with E-state index in [1.165, 1.54) is 16.7 Å². The van der Waals surface area contributed by atoms with Crippen LogP contribution in [-0.2, 0) is 0 Å². The van der Waals surface area contributed by atoms with Crippen molar-refractivity contribution in [3.05, 3.63) is 35.4 Å². The van der Waals surface area contributed by atoms with Crippen molar-refractivity contribution in [2.24, 2.45) is 5.73 Å². The molecule has 1 aliphatic rings. The molecule has 0 radical (unpaired) electrons. The van der Waals surface area contributed by atoms with E-state index in [9.17, 15) is 9.59 Å². The predicted octanol–water partition coefficient (Wildman–Crippen LogP) is -3.91. The number of carbonyl (C=O) groups excluding carboxylic acids is 2. The summed E-state index contributed by atoms with van der Waals surface area (Å²) in [6, 6.07) is 6.81. The summed E-state index contributed by atoms with van der Waals surface area (Å²) >= 11 is 1.23. The molecule has 0 unspecified atom stereocenters. The van der Waals surface area contributed by atoms with Gasteiger partial charge in [-0.2, -0.15) is 0 Å². The molecule has 1 aromatic rings. The number of fused-ring (bicyclic) bond motifs is 1. The minimum absolute atomic E-state index is 0. The lowest BCUT2D eigenvalue weighted by Crippen LogP contribution is -3.00. The Labute approximate surface area is 115 Å². The third kappa shape index (κ3) is 2.65. The van der Waals surface area contributed by atoms with Gasteiger partial charge in [0.2, 0.25) is 0 Å². The number of amidine groups is 1. The molecule has 5 nitrogen and oxygen atoms in total. The minimum atomic E-state index is -0.248. The average Bonchev–Trinajstić information content (AvgIpc) is 2.54. The topological polar surface area (TPSA) is 89.0 Å². The number of hydrogen-bond donors (Lipinski definition) is 2. The van der Waals surface area contributed by atoms with Crippen molar-refractivity contribution in [1.29, 1.82) is 0 Å². The van der Waals surface area contributed by atoms with Crippen LogP contribution in [0.3, 0.4) is 0 Å². The lowest BCUT2D eigenvalue weighted by molar-refractivity contribution is -0.110. The van der Waals surface area contributed by atoms with Crippen LogP contribution in [0.5, 0.6) is 0 Å². The third-order valence-electron chi connectivity index (χ3n) is 2.46. The standard InChI is InChI=1S/C11H11N3O2S.ClH/c12-11(13)17-6-5-14-9(15)7-3-1-2-4-8(7)10(14)16;/h1-4H,5-6H2,(H3,12,13);1H. The molecule has 2 amide bonds. The SMILES string of the molecule is NC(=[NH2+])SCCN1C(=O)c2ccccc2C1=O.[Cl-]. The van der Waals surface area contributed by atoms with Gasteiger partial charge in [0.25, 0.3) is 17.0 Å². The number of rotatable bonds is 3. The van der Waals surface area contributed by atoms with Crippen molar-refractivity contribution >= 4 is 28.7 Å². The smallest absolute Gasteiger partial charge is 0.299 e. The number of nitrogens with two attached hydrogens (primary N) is 2. The Morgan fingerprint density at radius 2 is 1.72 bits per heavy atom. The van der Waals surface area contributed by atoms with Gasteiger partial charge in [0.05, 0.1) is 11.1 Å². The van der Waals surface area contributed by atoms with E-state index in [2.05, 4.69) is 0 Å². The van der Waals surface area contributed by atoms with Gasteiger partial charge < -0.3 is 12.4 Å². The quantitative estimate of drug-likeness (QED) is 0.337. The van der Waals surface area contributed by atoms with Crippen LogP contribution in [0, 0.1) is 0 Å². The van der Waals surface area contributed by atoms with Crippen molar-refractivity contribution in [2.75, 3.05) is 12.3 Å². The van der Waals surface area contributed by atoms with Gasteiger partial charge in [-0.15, -0.1) is 0 Å². The van der Waals surface area contributed by atoms with Crippen molar-refractivity contribution in [3.8, 4) is 0 Å². The molecule has 96 valence electrons. The molecule has 0 atom stereocenters. The van der Waals surface area contributed by atoms with E-state index in [4.69, 9.17) is 11.1 Å². The van der Waals surface area contributed by atoms with Crippen molar-refractivity contribution in [2.45, 2.75) is 0 Å². The van der Waals surface area contributed by atoms with Crippen LogP contribution in [-0.4, -0.2) is 34.2 Å². The molecule has 0 spiro atoms. The number of halogens is 1. The van der Waals surface area contributed by atoms with E-state index in [1.807, 2.05) is 0 Å². The van der Waals surface area contributed by atoms with Crippen molar-refractivity contribution < 1.29 is 27.4 Å². The molecule has 1 aliphatic heterocycles. The van der Waals surface area contributed by atoms with E-state index in [-0.39, 0.29) is 29.4 Å². The van der Waals surface area contributed by atoms with Crippen LogP contribution in [0.25, 0.3) is 0 Å². The van der Waals surface area contributed by atoms with E-state index < -0.39 is 0 Å².